The first-order valence-electron chi connectivity index (χ1n) is 29.6. The summed E-state index contributed by atoms with van der Waals surface area (Å²) in [7, 11) is 0. The van der Waals surface area contributed by atoms with Crippen molar-refractivity contribution >= 4 is 76.0 Å². The molecule has 6 nitrogen and oxygen atoms in total. The van der Waals surface area contributed by atoms with Crippen molar-refractivity contribution in [1.82, 2.24) is 15.0 Å². The van der Waals surface area contributed by atoms with E-state index in [0.29, 0.717) is 0 Å². The Labute approximate surface area is 502 Å². The largest absolute Gasteiger partial charge is 0.518 e. The lowest BCUT2D eigenvalue weighted by Gasteiger charge is -2.09. The van der Waals surface area contributed by atoms with Crippen LogP contribution in [0.1, 0.15) is 111 Å². The first-order chi connectivity index (χ1) is 41.2. The molecular formula is C76H93N3O3S. The zero-order valence-electron chi connectivity index (χ0n) is 52.5. The quantitative estimate of drug-likeness (QED) is 0.111. The Bertz CT molecular complexity index is 3260. The molecule has 14 rings (SSSR count). The monoisotopic (exact) mass is 1130 g/mol. The summed E-state index contributed by atoms with van der Waals surface area (Å²) >= 11 is 1.71. The molecule has 0 radical (unpaired) electrons. The minimum Gasteiger partial charge on any atom is -0.399 e. The highest BCUT2D eigenvalue weighted by Gasteiger charge is 2.06. The third-order valence-electron chi connectivity index (χ3n) is 10.5. The van der Waals surface area contributed by atoms with Crippen LogP contribution in [0.2, 0.25) is 0 Å². The van der Waals surface area contributed by atoms with Gasteiger partial charge < -0.3 is 8.83 Å². The number of rotatable bonds is 0. The van der Waals surface area contributed by atoms with Crippen LogP contribution in [0.3, 0.4) is 0 Å². The van der Waals surface area contributed by atoms with Gasteiger partial charge in [-0.25, -0.2) is 19.7 Å². The van der Waals surface area contributed by atoms with Gasteiger partial charge >= 0.3 is 5.82 Å². The van der Waals surface area contributed by atoms with Crippen molar-refractivity contribution in [3.05, 3.63) is 283 Å². The molecule has 12 aromatic rings. The summed E-state index contributed by atoms with van der Waals surface area (Å²) < 4.78 is 8.22. The van der Waals surface area contributed by atoms with E-state index in [1.54, 1.807) is 11.3 Å². The van der Waals surface area contributed by atoms with Crippen LogP contribution in [0.25, 0.3) is 75.8 Å². The second-order valence-corrected chi connectivity index (χ2v) is 15.7. The smallest absolute Gasteiger partial charge is 0.399 e. The number of benzene rings is 9. The molecule has 0 unspecified atom stereocenters. The lowest BCUT2D eigenvalue weighted by molar-refractivity contribution is 0.385. The molecule has 2 aliphatic carbocycles. The van der Waals surface area contributed by atoms with Gasteiger partial charge in [0.05, 0.1) is 0 Å². The van der Waals surface area contributed by atoms with Crippen LogP contribution >= 0.6 is 11.3 Å². The Balaban J connectivity index is 0.000000931. The fraction of sp³-hybridized carbons (Fsp3) is 0.211. The topological polar surface area (TPSA) is 82.0 Å². The van der Waals surface area contributed by atoms with Crippen molar-refractivity contribution in [2.45, 2.75) is 111 Å². The Hall–Kier alpha value is -8.78. The third kappa shape index (κ3) is 27.0. The summed E-state index contributed by atoms with van der Waals surface area (Å²) in [6, 6.07) is 80.7. The zero-order chi connectivity index (χ0) is 61.7. The van der Waals surface area contributed by atoms with Crippen molar-refractivity contribution in [2.24, 2.45) is 0 Å². The molecule has 3 heterocycles. The van der Waals surface area contributed by atoms with E-state index >= 15 is 0 Å². The van der Waals surface area contributed by atoms with Crippen LogP contribution in [0.5, 0.6) is 0 Å². The predicted molar refractivity (Wildman–Crippen MR) is 371 cm³/mol. The van der Waals surface area contributed by atoms with Gasteiger partial charge in [0.25, 0.3) is 0 Å². The summed E-state index contributed by atoms with van der Waals surface area (Å²) in [6.07, 6.45) is 6.68. The molecule has 0 atom stereocenters. The van der Waals surface area contributed by atoms with Crippen LogP contribution < -0.4 is 5.82 Å². The van der Waals surface area contributed by atoms with E-state index in [1.807, 2.05) is 140 Å². The third-order valence-corrected chi connectivity index (χ3v) is 11.2. The lowest BCUT2D eigenvalue weighted by atomic mass is 9.95. The Morgan fingerprint density at radius 1 is 0.265 bits per heavy atom. The second-order valence-electron chi connectivity index (χ2n) is 14.9. The van der Waals surface area contributed by atoms with Crippen molar-refractivity contribution in [3.63, 3.8) is 0 Å². The zero-order valence-corrected chi connectivity index (χ0v) is 53.3. The Kier molecular flexibility index (Phi) is 44.9. The molecule has 7 heteroatoms. The Morgan fingerprint density at radius 2 is 0.506 bits per heavy atom. The first-order valence-corrected chi connectivity index (χ1v) is 30.6. The maximum atomic E-state index is 9.74. The van der Waals surface area contributed by atoms with Gasteiger partial charge in [-0.05, 0) is 98.7 Å². The standard InChI is InChI=1S/C16H10.C14H10.2C10H8.C4H4S.C3H3N3.C3H2O3.8C2H6/c1-3-11-7-9-13-5-2-6-14-10-8-12(4-1)15(11)16(13)14;1-2-6-12-10-14-8-4-3-7-13(14)9-11(12)5-1;1-2-6-10-8-4-3-7-9(10)5-1;1-2-5-9-7-4-8-10(9)6-3-1;1-2-4-5-3-1;1-4-2-6-3-5-1;4-3-5-1-2-6-3;8*1-2/h1-10H;1-10H;2*1-8H;1-4H;1-3H;1-2H;8*1-2H3. The fourth-order valence-corrected chi connectivity index (χ4v) is 7.90. The minimum absolute atomic E-state index is 0.657. The van der Waals surface area contributed by atoms with Gasteiger partial charge in [-0.2, -0.15) is 11.3 Å². The first kappa shape index (κ1) is 74.2. The molecule has 436 valence electrons. The average Bonchev–Trinajstić information content (AvgIpc) is 4.01. The van der Waals surface area contributed by atoms with Gasteiger partial charge in [0.2, 0.25) is 0 Å². The number of nitrogens with zero attached hydrogens (tertiary/aromatic N) is 3. The molecular weight excluding hydrogens is 1030 g/mol. The van der Waals surface area contributed by atoms with Crippen LogP contribution in [0, 0.1) is 0 Å². The molecule has 0 spiro atoms. The van der Waals surface area contributed by atoms with Gasteiger partial charge in [-0.3, -0.25) is 0 Å². The number of aromatic nitrogens is 3. The van der Waals surface area contributed by atoms with E-state index < -0.39 is 5.82 Å². The van der Waals surface area contributed by atoms with Crippen LogP contribution in [0.15, 0.2) is 286 Å². The van der Waals surface area contributed by atoms with Gasteiger partial charge in [0.1, 0.15) is 31.5 Å². The summed E-state index contributed by atoms with van der Waals surface area (Å²) in [4.78, 5) is 20.4. The molecule has 2 aliphatic rings. The normalized spacial score (nSPS) is 8.77. The number of fused-ring (bicyclic) bond motifs is 4. The number of hydrogen-bond donors (Lipinski definition) is 0. The molecule has 3 aromatic heterocycles. The van der Waals surface area contributed by atoms with E-state index in [-0.39, 0.29) is 0 Å². The summed E-state index contributed by atoms with van der Waals surface area (Å²) in [5.74, 6) is -0.657. The fourth-order valence-electron chi connectivity index (χ4n) is 7.45. The van der Waals surface area contributed by atoms with E-state index in [4.69, 9.17) is 0 Å². The van der Waals surface area contributed by atoms with Crippen molar-refractivity contribution in [3.8, 4) is 11.1 Å². The van der Waals surface area contributed by atoms with Gasteiger partial charge in [-0.15, -0.1) is 0 Å². The highest BCUT2D eigenvalue weighted by Crippen LogP contribution is 2.34. The molecule has 0 fully saturated rings. The number of hydrogen-bond acceptors (Lipinski definition) is 7. The maximum Gasteiger partial charge on any atom is 0.518 e. The van der Waals surface area contributed by atoms with E-state index in [0.717, 1.165) is 0 Å². The second kappa shape index (κ2) is 50.2. The van der Waals surface area contributed by atoms with E-state index in [1.165, 1.54) is 107 Å². The number of thiophene rings is 1. The molecule has 0 saturated carbocycles. The van der Waals surface area contributed by atoms with Crippen LogP contribution in [-0.4, -0.2) is 15.0 Å². The molecule has 0 amide bonds. The summed E-state index contributed by atoms with van der Waals surface area (Å²) in [6.45, 7) is 32.0. The molecule has 0 aliphatic heterocycles. The molecule has 9 aromatic carbocycles. The molecule has 0 N–H and O–H groups in total. The van der Waals surface area contributed by atoms with Gasteiger partial charge in [0.15, 0.2) is 0 Å². The van der Waals surface area contributed by atoms with Crippen molar-refractivity contribution in [2.75, 3.05) is 0 Å². The maximum absolute atomic E-state index is 9.74. The highest BCUT2D eigenvalue weighted by molar-refractivity contribution is 7.07. The van der Waals surface area contributed by atoms with Crippen molar-refractivity contribution in [1.29, 1.82) is 0 Å². The van der Waals surface area contributed by atoms with Crippen LogP contribution in [0.4, 0.5) is 0 Å². The predicted octanol–water partition coefficient (Wildman–Crippen LogP) is 24.3. The SMILES string of the molecule is CC.CC.CC.CC.CC.CC.CC.CC.O=c1occo1.c1cc2ccc3cccc4ccc(c1)c2c34.c1ccc2cc3ccccc3cc2c1.c1ccc2cccc-2cc1.c1ccc2ccccc2c1.c1ccsc1.c1ncncn1. The average molecular weight is 1130 g/mol. The highest BCUT2D eigenvalue weighted by atomic mass is 32.1. The Morgan fingerprint density at radius 3 is 0.747 bits per heavy atom. The van der Waals surface area contributed by atoms with Crippen molar-refractivity contribution < 1.29 is 8.83 Å². The summed E-state index contributed by atoms with van der Waals surface area (Å²) in [5.41, 5.74) is 2.62. The van der Waals surface area contributed by atoms with E-state index in [9.17, 15) is 4.79 Å². The summed E-state index contributed by atoms with van der Waals surface area (Å²) in [5, 5.41) is 20.1. The van der Waals surface area contributed by atoms with E-state index in [2.05, 4.69) is 236 Å². The van der Waals surface area contributed by atoms with Crippen LogP contribution in [-0.2, 0) is 0 Å². The van der Waals surface area contributed by atoms with Gasteiger partial charge in [-0.1, -0.05) is 329 Å². The lowest BCUT2D eigenvalue weighted by Crippen LogP contribution is -1.83. The van der Waals surface area contributed by atoms with Gasteiger partial charge in [0, 0.05) is 0 Å². The molecule has 0 saturated heterocycles. The molecule has 0 bridgehead atoms. The molecule has 83 heavy (non-hydrogen) atoms. The minimum atomic E-state index is -0.657.